The van der Waals surface area contributed by atoms with Gasteiger partial charge in [0.25, 0.3) is 5.91 Å². The third-order valence-electron chi connectivity index (χ3n) is 4.50. The van der Waals surface area contributed by atoms with Crippen molar-refractivity contribution >= 4 is 33.4 Å². The lowest BCUT2D eigenvalue weighted by Crippen LogP contribution is -2.36. The monoisotopic (exact) mass is 424 g/mol. The number of aromatic nitrogens is 1. The molecule has 1 aromatic heterocycles. The standard InChI is InChI=1S/C22H20N2O5S/c1-3-11-24-15-10-9-14(21(26)27-4-2)12-19(15)30-22(24)23-20(25)18-13-28-16-7-5-6-8-17(16)29-18/h3,5-10,12,18H,1,4,11,13H2,2H3/t18-/m0/s1. The van der Waals surface area contributed by atoms with Crippen LogP contribution in [0.1, 0.15) is 17.3 Å². The summed E-state index contributed by atoms with van der Waals surface area (Å²) in [5, 5.41) is 0. The predicted octanol–water partition coefficient (Wildman–Crippen LogP) is 3.33. The maximum absolute atomic E-state index is 12.8. The van der Waals surface area contributed by atoms with E-state index in [1.54, 1.807) is 37.3 Å². The summed E-state index contributed by atoms with van der Waals surface area (Å²) in [7, 11) is 0. The van der Waals surface area contributed by atoms with Gasteiger partial charge in [0.2, 0.25) is 6.10 Å². The van der Waals surface area contributed by atoms with Gasteiger partial charge in [-0.25, -0.2) is 4.79 Å². The van der Waals surface area contributed by atoms with E-state index in [1.165, 1.54) is 11.3 Å². The van der Waals surface area contributed by atoms with Gasteiger partial charge in [0.15, 0.2) is 16.3 Å². The molecule has 30 heavy (non-hydrogen) atoms. The van der Waals surface area contributed by atoms with Crippen LogP contribution in [0.5, 0.6) is 11.5 Å². The van der Waals surface area contributed by atoms with Crippen LogP contribution in [0.4, 0.5) is 0 Å². The van der Waals surface area contributed by atoms with Crippen molar-refractivity contribution < 1.29 is 23.8 Å². The number of rotatable bonds is 5. The molecule has 0 radical (unpaired) electrons. The second kappa shape index (κ2) is 8.54. The molecule has 0 N–H and O–H groups in total. The van der Waals surface area contributed by atoms with E-state index in [0.29, 0.717) is 35.0 Å². The Balaban J connectivity index is 1.69. The zero-order valence-electron chi connectivity index (χ0n) is 16.4. The number of fused-ring (bicyclic) bond motifs is 2. The lowest BCUT2D eigenvalue weighted by molar-refractivity contribution is -0.127. The Bertz CT molecular complexity index is 1190. The van der Waals surface area contributed by atoms with E-state index in [2.05, 4.69) is 11.6 Å². The topological polar surface area (TPSA) is 79.1 Å². The molecule has 0 saturated carbocycles. The fourth-order valence-electron chi connectivity index (χ4n) is 3.11. The highest BCUT2D eigenvalue weighted by molar-refractivity contribution is 7.16. The van der Waals surface area contributed by atoms with Crippen LogP contribution in [0.15, 0.2) is 60.1 Å². The molecule has 1 amide bonds. The van der Waals surface area contributed by atoms with E-state index in [4.69, 9.17) is 14.2 Å². The summed E-state index contributed by atoms with van der Waals surface area (Å²) in [5.74, 6) is 0.312. The van der Waals surface area contributed by atoms with Crippen LogP contribution in [0.3, 0.4) is 0 Å². The van der Waals surface area contributed by atoms with Crippen molar-refractivity contribution in [1.82, 2.24) is 4.57 Å². The second-order valence-electron chi connectivity index (χ2n) is 6.50. The van der Waals surface area contributed by atoms with Crippen molar-refractivity contribution in [2.75, 3.05) is 13.2 Å². The molecular formula is C22H20N2O5S. The molecule has 1 atom stereocenters. The van der Waals surface area contributed by atoms with Gasteiger partial charge in [0.1, 0.15) is 6.61 Å². The first-order valence-electron chi connectivity index (χ1n) is 9.49. The molecule has 0 saturated heterocycles. The molecule has 2 heterocycles. The number of esters is 1. The number of carbonyl (C=O) groups excluding carboxylic acids is 2. The molecular weight excluding hydrogens is 404 g/mol. The zero-order chi connectivity index (χ0) is 21.1. The minimum Gasteiger partial charge on any atom is -0.485 e. The van der Waals surface area contributed by atoms with Gasteiger partial charge in [-0.2, -0.15) is 4.99 Å². The van der Waals surface area contributed by atoms with Crippen molar-refractivity contribution in [1.29, 1.82) is 0 Å². The van der Waals surface area contributed by atoms with E-state index in [1.807, 2.05) is 22.8 Å². The Kier molecular flexibility index (Phi) is 5.67. The molecule has 2 aromatic carbocycles. The zero-order valence-corrected chi connectivity index (χ0v) is 17.2. The molecule has 1 aliphatic heterocycles. The van der Waals surface area contributed by atoms with Gasteiger partial charge in [0, 0.05) is 6.54 Å². The van der Waals surface area contributed by atoms with Crippen LogP contribution in [0.2, 0.25) is 0 Å². The molecule has 0 aliphatic carbocycles. The Morgan fingerprint density at radius 1 is 1.30 bits per heavy atom. The predicted molar refractivity (Wildman–Crippen MR) is 113 cm³/mol. The summed E-state index contributed by atoms with van der Waals surface area (Å²) in [6, 6.07) is 12.5. The highest BCUT2D eigenvalue weighted by Crippen LogP contribution is 2.31. The lowest BCUT2D eigenvalue weighted by Gasteiger charge is -2.23. The Morgan fingerprint density at radius 3 is 2.87 bits per heavy atom. The molecule has 0 unspecified atom stereocenters. The lowest BCUT2D eigenvalue weighted by atomic mass is 10.2. The Hall–Kier alpha value is -3.39. The molecule has 154 valence electrons. The molecule has 4 rings (SSSR count). The molecule has 3 aromatic rings. The molecule has 7 nitrogen and oxygen atoms in total. The molecule has 0 fully saturated rings. The third-order valence-corrected chi connectivity index (χ3v) is 5.54. The Morgan fingerprint density at radius 2 is 2.10 bits per heavy atom. The number of para-hydroxylation sites is 2. The first-order valence-corrected chi connectivity index (χ1v) is 10.3. The number of thiazole rings is 1. The number of ether oxygens (including phenoxy) is 3. The van der Waals surface area contributed by atoms with Crippen LogP contribution in [-0.4, -0.2) is 35.8 Å². The van der Waals surface area contributed by atoms with Gasteiger partial charge in [0.05, 0.1) is 22.4 Å². The first kappa shape index (κ1) is 19.9. The van der Waals surface area contributed by atoms with E-state index in [9.17, 15) is 9.59 Å². The quantitative estimate of drug-likeness (QED) is 0.464. The molecule has 1 aliphatic rings. The number of allylic oxidation sites excluding steroid dienone is 1. The number of hydrogen-bond acceptors (Lipinski definition) is 6. The van der Waals surface area contributed by atoms with Crippen LogP contribution in [-0.2, 0) is 16.1 Å². The maximum atomic E-state index is 12.8. The van der Waals surface area contributed by atoms with Gasteiger partial charge in [-0.1, -0.05) is 29.5 Å². The fraction of sp³-hybridized carbons (Fsp3) is 0.227. The van der Waals surface area contributed by atoms with Crippen molar-refractivity contribution in [3.05, 3.63) is 65.5 Å². The smallest absolute Gasteiger partial charge is 0.338 e. The summed E-state index contributed by atoms with van der Waals surface area (Å²) in [6.07, 6.45) is 0.906. The summed E-state index contributed by atoms with van der Waals surface area (Å²) in [4.78, 5) is 29.6. The number of benzene rings is 2. The average Bonchev–Trinajstić information content (AvgIpc) is 3.10. The van der Waals surface area contributed by atoms with Crippen LogP contribution < -0.4 is 14.3 Å². The fourth-order valence-corrected chi connectivity index (χ4v) is 4.20. The van der Waals surface area contributed by atoms with Crippen molar-refractivity contribution in [3.8, 4) is 11.5 Å². The normalized spacial score (nSPS) is 15.8. The van der Waals surface area contributed by atoms with Gasteiger partial charge in [-0.05, 0) is 37.3 Å². The largest absolute Gasteiger partial charge is 0.485 e. The van der Waals surface area contributed by atoms with Crippen LogP contribution in [0.25, 0.3) is 10.2 Å². The molecule has 8 heteroatoms. The number of nitrogens with zero attached hydrogens (tertiary/aromatic N) is 2. The Labute approximate surface area is 176 Å². The second-order valence-corrected chi connectivity index (χ2v) is 7.51. The molecule has 0 bridgehead atoms. The van der Waals surface area contributed by atoms with E-state index in [-0.39, 0.29) is 12.6 Å². The third kappa shape index (κ3) is 3.86. The van der Waals surface area contributed by atoms with E-state index < -0.39 is 12.0 Å². The average molecular weight is 424 g/mol. The van der Waals surface area contributed by atoms with Gasteiger partial charge < -0.3 is 18.8 Å². The van der Waals surface area contributed by atoms with Crippen molar-refractivity contribution in [2.45, 2.75) is 19.6 Å². The van der Waals surface area contributed by atoms with Crippen molar-refractivity contribution in [3.63, 3.8) is 0 Å². The summed E-state index contributed by atoms with van der Waals surface area (Å²) in [6.45, 7) is 6.42. The van der Waals surface area contributed by atoms with Crippen LogP contribution in [0, 0.1) is 0 Å². The van der Waals surface area contributed by atoms with Crippen molar-refractivity contribution in [2.24, 2.45) is 4.99 Å². The minimum absolute atomic E-state index is 0.0959. The summed E-state index contributed by atoms with van der Waals surface area (Å²) >= 11 is 1.31. The maximum Gasteiger partial charge on any atom is 0.338 e. The molecule has 0 spiro atoms. The minimum atomic E-state index is -0.822. The highest BCUT2D eigenvalue weighted by atomic mass is 32.1. The van der Waals surface area contributed by atoms with Gasteiger partial charge in [-0.3, -0.25) is 4.79 Å². The van der Waals surface area contributed by atoms with E-state index >= 15 is 0 Å². The van der Waals surface area contributed by atoms with Gasteiger partial charge >= 0.3 is 5.97 Å². The first-order chi connectivity index (χ1) is 14.6. The van der Waals surface area contributed by atoms with E-state index in [0.717, 1.165) is 10.2 Å². The van der Waals surface area contributed by atoms with Gasteiger partial charge in [-0.15, -0.1) is 6.58 Å². The van der Waals surface area contributed by atoms with Crippen LogP contribution >= 0.6 is 11.3 Å². The number of carbonyl (C=O) groups is 2. The SMILES string of the molecule is C=CCn1c(=NC(=O)[C@@H]2COc3ccccc3O2)sc2cc(C(=O)OCC)ccc21. The number of amides is 1. The highest BCUT2D eigenvalue weighted by Gasteiger charge is 2.27. The summed E-state index contributed by atoms with van der Waals surface area (Å²) in [5.41, 5.74) is 1.31. The summed E-state index contributed by atoms with van der Waals surface area (Å²) < 4.78 is 19.1. The number of hydrogen-bond donors (Lipinski definition) is 0.